The molecule has 8 nitrogen and oxygen atoms in total. The SMILES string of the molecule is CC.CC.CC(C)OC(=O)/C=C/C(=O)OC1(C)COC(=O)/C=C/C(=O)O1. The van der Waals surface area contributed by atoms with Gasteiger partial charge < -0.3 is 18.9 Å². The Morgan fingerprint density at radius 2 is 1.54 bits per heavy atom. The molecular formula is C18H28O8. The van der Waals surface area contributed by atoms with Gasteiger partial charge >= 0.3 is 23.9 Å². The van der Waals surface area contributed by atoms with Crippen molar-refractivity contribution in [2.45, 2.75) is 60.4 Å². The number of cyclic esters (lactones) is 2. The van der Waals surface area contributed by atoms with Crippen LogP contribution in [0.15, 0.2) is 24.3 Å². The Morgan fingerprint density at radius 3 is 2.08 bits per heavy atom. The zero-order chi connectivity index (χ0) is 20.8. The van der Waals surface area contributed by atoms with Crippen LogP contribution in [0.25, 0.3) is 0 Å². The average Bonchev–Trinajstić information content (AvgIpc) is 2.58. The molecule has 8 heteroatoms. The second-order valence-corrected chi connectivity index (χ2v) is 4.74. The molecule has 0 saturated carbocycles. The third-order valence-electron chi connectivity index (χ3n) is 2.17. The van der Waals surface area contributed by atoms with Crippen molar-refractivity contribution in [3.63, 3.8) is 0 Å². The maximum Gasteiger partial charge on any atom is 0.334 e. The van der Waals surface area contributed by atoms with Gasteiger partial charge in [0, 0.05) is 31.2 Å². The predicted molar refractivity (Wildman–Crippen MR) is 93.8 cm³/mol. The minimum absolute atomic E-state index is 0.330. The first-order chi connectivity index (χ1) is 12.2. The summed E-state index contributed by atoms with van der Waals surface area (Å²) in [6.45, 7) is 12.1. The summed E-state index contributed by atoms with van der Waals surface area (Å²) in [6, 6.07) is 0. The first-order valence-electron chi connectivity index (χ1n) is 8.40. The maximum atomic E-state index is 11.6. The van der Waals surface area contributed by atoms with Crippen molar-refractivity contribution in [1.82, 2.24) is 0 Å². The Hall–Kier alpha value is -2.64. The zero-order valence-corrected chi connectivity index (χ0v) is 16.4. The van der Waals surface area contributed by atoms with Gasteiger partial charge in [-0.25, -0.2) is 19.2 Å². The molecule has 0 aliphatic carbocycles. The molecule has 26 heavy (non-hydrogen) atoms. The van der Waals surface area contributed by atoms with E-state index in [1.165, 1.54) is 6.92 Å². The van der Waals surface area contributed by atoms with E-state index in [4.69, 9.17) is 18.9 Å². The van der Waals surface area contributed by atoms with E-state index in [9.17, 15) is 19.2 Å². The van der Waals surface area contributed by atoms with E-state index < -0.39 is 36.3 Å². The first kappa shape index (κ1) is 25.6. The first-order valence-corrected chi connectivity index (χ1v) is 8.40. The highest BCUT2D eigenvalue weighted by molar-refractivity contribution is 5.93. The highest BCUT2D eigenvalue weighted by atomic mass is 16.7. The van der Waals surface area contributed by atoms with Gasteiger partial charge in [-0.05, 0) is 13.8 Å². The van der Waals surface area contributed by atoms with E-state index in [2.05, 4.69) is 0 Å². The van der Waals surface area contributed by atoms with Gasteiger partial charge in [-0.15, -0.1) is 0 Å². The molecule has 0 N–H and O–H groups in total. The lowest BCUT2D eigenvalue weighted by Gasteiger charge is -2.28. The Morgan fingerprint density at radius 1 is 1.04 bits per heavy atom. The molecule has 0 fully saturated rings. The third kappa shape index (κ3) is 11.8. The van der Waals surface area contributed by atoms with Gasteiger partial charge in [-0.1, -0.05) is 27.7 Å². The molecule has 1 atom stereocenters. The van der Waals surface area contributed by atoms with Crippen LogP contribution >= 0.6 is 0 Å². The van der Waals surface area contributed by atoms with Gasteiger partial charge in [-0.2, -0.15) is 0 Å². The van der Waals surface area contributed by atoms with E-state index in [0.29, 0.717) is 0 Å². The maximum absolute atomic E-state index is 11.6. The molecule has 0 amide bonds. The van der Waals surface area contributed by atoms with Gasteiger partial charge in [0.1, 0.15) is 0 Å². The summed E-state index contributed by atoms with van der Waals surface area (Å²) in [7, 11) is 0. The molecule has 1 heterocycles. The Bertz CT molecular complexity index is 533. The molecule has 1 unspecified atom stereocenters. The predicted octanol–water partition coefficient (Wildman–Crippen LogP) is 2.46. The van der Waals surface area contributed by atoms with Crippen LogP contribution in [-0.2, 0) is 38.1 Å². The molecule has 0 radical (unpaired) electrons. The largest absolute Gasteiger partial charge is 0.460 e. The summed E-state index contributed by atoms with van der Waals surface area (Å²) in [5.41, 5.74) is 0. The number of esters is 4. The minimum Gasteiger partial charge on any atom is -0.460 e. The van der Waals surface area contributed by atoms with Gasteiger partial charge in [-0.3, -0.25) is 0 Å². The molecule has 148 valence electrons. The average molecular weight is 372 g/mol. The molecule has 1 rings (SSSR count). The normalized spacial score (nSPS) is 20.2. The summed E-state index contributed by atoms with van der Waals surface area (Å²) in [5.74, 6) is -5.11. The molecule has 0 aromatic carbocycles. The van der Waals surface area contributed by atoms with Crippen molar-refractivity contribution in [1.29, 1.82) is 0 Å². The van der Waals surface area contributed by atoms with Crippen LogP contribution in [0.5, 0.6) is 0 Å². The number of hydrogen-bond acceptors (Lipinski definition) is 8. The van der Waals surface area contributed by atoms with Gasteiger partial charge in [0.2, 0.25) is 0 Å². The molecular weight excluding hydrogens is 344 g/mol. The quantitative estimate of drug-likeness (QED) is 0.421. The van der Waals surface area contributed by atoms with Gasteiger partial charge in [0.05, 0.1) is 6.10 Å². The second-order valence-electron chi connectivity index (χ2n) is 4.74. The van der Waals surface area contributed by atoms with Crippen molar-refractivity contribution >= 4 is 23.9 Å². The van der Waals surface area contributed by atoms with E-state index >= 15 is 0 Å². The van der Waals surface area contributed by atoms with Crippen molar-refractivity contribution in [2.75, 3.05) is 6.61 Å². The number of rotatable bonds is 4. The van der Waals surface area contributed by atoms with Crippen LogP contribution in [0.1, 0.15) is 48.5 Å². The third-order valence-corrected chi connectivity index (χ3v) is 2.17. The fourth-order valence-electron chi connectivity index (χ4n) is 1.37. The summed E-state index contributed by atoms with van der Waals surface area (Å²) in [6.07, 6.45) is 3.11. The van der Waals surface area contributed by atoms with Gasteiger partial charge in [0.25, 0.3) is 5.79 Å². The molecule has 0 spiro atoms. The van der Waals surface area contributed by atoms with Crippen molar-refractivity contribution < 1.29 is 38.1 Å². The van der Waals surface area contributed by atoms with E-state index in [1.807, 2.05) is 27.7 Å². The highest BCUT2D eigenvalue weighted by Gasteiger charge is 2.35. The van der Waals surface area contributed by atoms with Crippen LogP contribution < -0.4 is 0 Å². The van der Waals surface area contributed by atoms with Crippen LogP contribution in [0.2, 0.25) is 0 Å². The summed E-state index contributed by atoms with van der Waals surface area (Å²) < 4.78 is 19.3. The van der Waals surface area contributed by atoms with E-state index in [-0.39, 0.29) is 6.10 Å². The van der Waals surface area contributed by atoms with Crippen LogP contribution in [0, 0.1) is 0 Å². The van der Waals surface area contributed by atoms with Crippen LogP contribution in [0.3, 0.4) is 0 Å². The Balaban J connectivity index is 0. The van der Waals surface area contributed by atoms with Crippen LogP contribution in [-0.4, -0.2) is 42.4 Å². The monoisotopic (exact) mass is 372 g/mol. The lowest BCUT2D eigenvalue weighted by molar-refractivity contribution is -0.232. The fourth-order valence-corrected chi connectivity index (χ4v) is 1.37. The Kier molecular flexibility index (Phi) is 13.4. The molecule has 0 aromatic rings. The van der Waals surface area contributed by atoms with Crippen molar-refractivity contribution in [2.24, 2.45) is 0 Å². The molecule has 0 saturated heterocycles. The molecule has 0 aromatic heterocycles. The topological polar surface area (TPSA) is 105 Å². The zero-order valence-electron chi connectivity index (χ0n) is 16.4. The standard InChI is InChI=1S/C14H16O8.2C2H6/c1-9(2)20-11(16)5-7-13(18)22-14(3)8-19-10(15)4-6-12(17)21-14;2*1-2/h4-7,9H,8H2,1-3H3;2*1-2H3/b6-4+,7-5+;;. The van der Waals surface area contributed by atoms with Crippen molar-refractivity contribution in [3.05, 3.63) is 24.3 Å². The number of carbonyl (C=O) groups is 4. The number of hydrogen-bond donors (Lipinski definition) is 0. The lowest BCUT2D eigenvalue weighted by Crippen LogP contribution is -2.42. The fraction of sp³-hybridized carbons (Fsp3) is 0.556. The smallest absolute Gasteiger partial charge is 0.334 e. The number of carbonyl (C=O) groups excluding carboxylic acids is 4. The molecule has 1 aliphatic heterocycles. The molecule has 1 aliphatic rings. The van der Waals surface area contributed by atoms with E-state index in [0.717, 1.165) is 24.3 Å². The van der Waals surface area contributed by atoms with E-state index in [1.54, 1.807) is 13.8 Å². The minimum atomic E-state index is -1.79. The Labute approximate surface area is 154 Å². The molecule has 0 bridgehead atoms. The second kappa shape index (κ2) is 13.6. The number of ether oxygens (including phenoxy) is 4. The van der Waals surface area contributed by atoms with Crippen LogP contribution in [0.4, 0.5) is 0 Å². The summed E-state index contributed by atoms with van der Waals surface area (Å²) >= 11 is 0. The lowest BCUT2D eigenvalue weighted by atomic mass is 10.3. The summed E-state index contributed by atoms with van der Waals surface area (Å²) in [4.78, 5) is 45.4. The highest BCUT2D eigenvalue weighted by Crippen LogP contribution is 2.16. The summed E-state index contributed by atoms with van der Waals surface area (Å²) in [5, 5.41) is 0. The van der Waals surface area contributed by atoms with Crippen molar-refractivity contribution in [3.8, 4) is 0 Å². The van der Waals surface area contributed by atoms with Gasteiger partial charge in [0.15, 0.2) is 6.61 Å².